The lowest BCUT2D eigenvalue weighted by Gasteiger charge is -2.01. The summed E-state index contributed by atoms with van der Waals surface area (Å²) < 4.78 is 0.978. The predicted octanol–water partition coefficient (Wildman–Crippen LogP) is 4.32. The Labute approximate surface area is 138 Å². The lowest BCUT2D eigenvalue weighted by atomic mass is 10.2. The minimum absolute atomic E-state index is 0.825. The number of benzene rings is 1. The fourth-order valence-electron chi connectivity index (χ4n) is 1.95. The van der Waals surface area contributed by atoms with E-state index in [4.69, 9.17) is 0 Å². The Hall–Kier alpha value is -1.92. The second-order valence-corrected chi connectivity index (χ2v) is 7.11. The van der Waals surface area contributed by atoms with Gasteiger partial charge in [0, 0.05) is 23.3 Å². The maximum atomic E-state index is 4.32. The Balaban J connectivity index is 1.53. The van der Waals surface area contributed by atoms with Crippen molar-refractivity contribution in [1.82, 2.24) is 15.2 Å². The van der Waals surface area contributed by atoms with Gasteiger partial charge in [-0.15, -0.1) is 10.2 Å². The highest BCUT2D eigenvalue weighted by molar-refractivity contribution is 8.01. The topological polar surface area (TPSA) is 50.7 Å². The van der Waals surface area contributed by atoms with Crippen LogP contribution in [0.4, 0.5) is 10.8 Å². The molecule has 0 spiro atoms. The molecule has 2 aromatic heterocycles. The first-order chi connectivity index (χ1) is 10.8. The Morgan fingerprint density at radius 1 is 1.14 bits per heavy atom. The van der Waals surface area contributed by atoms with Gasteiger partial charge >= 0.3 is 0 Å². The second-order valence-electron chi connectivity index (χ2n) is 4.79. The molecule has 3 aromatic rings. The smallest absolute Gasteiger partial charge is 0.210 e. The minimum atomic E-state index is 0.825. The molecule has 0 radical (unpaired) electrons. The molecule has 0 aliphatic rings. The van der Waals surface area contributed by atoms with Crippen LogP contribution in [0.25, 0.3) is 0 Å². The number of nitrogens with one attached hydrogen (secondary N) is 1. The van der Waals surface area contributed by atoms with Crippen molar-refractivity contribution in [2.75, 3.05) is 11.1 Å². The second kappa shape index (κ2) is 7.38. The van der Waals surface area contributed by atoms with Crippen molar-refractivity contribution in [3.63, 3.8) is 0 Å². The van der Waals surface area contributed by atoms with Gasteiger partial charge in [0.05, 0.1) is 0 Å². The van der Waals surface area contributed by atoms with E-state index in [-0.39, 0.29) is 0 Å². The molecule has 0 bridgehead atoms. The third-order valence-corrected chi connectivity index (χ3v) is 4.96. The Kier molecular flexibility index (Phi) is 5.03. The van der Waals surface area contributed by atoms with E-state index in [1.807, 2.05) is 36.5 Å². The number of nitrogens with zero attached hydrogens (tertiary/aromatic N) is 3. The van der Waals surface area contributed by atoms with Gasteiger partial charge in [-0.25, -0.2) is 0 Å². The van der Waals surface area contributed by atoms with Gasteiger partial charge in [-0.2, -0.15) is 0 Å². The van der Waals surface area contributed by atoms with Crippen molar-refractivity contribution in [1.29, 1.82) is 0 Å². The molecule has 22 heavy (non-hydrogen) atoms. The number of thioether (sulfide) groups is 1. The zero-order valence-electron chi connectivity index (χ0n) is 12.2. The summed E-state index contributed by atoms with van der Waals surface area (Å²) in [6, 6.07) is 14.2. The van der Waals surface area contributed by atoms with Crippen LogP contribution in [0, 0.1) is 6.92 Å². The van der Waals surface area contributed by atoms with Gasteiger partial charge in [0.2, 0.25) is 5.13 Å². The van der Waals surface area contributed by atoms with Crippen molar-refractivity contribution >= 4 is 33.9 Å². The van der Waals surface area contributed by atoms with Gasteiger partial charge in [0.15, 0.2) is 4.34 Å². The van der Waals surface area contributed by atoms with Crippen LogP contribution < -0.4 is 5.32 Å². The lowest BCUT2D eigenvalue weighted by molar-refractivity contribution is 1.00. The summed E-state index contributed by atoms with van der Waals surface area (Å²) in [5.41, 5.74) is 3.37. The van der Waals surface area contributed by atoms with Crippen LogP contribution in [0.2, 0.25) is 0 Å². The Morgan fingerprint density at radius 2 is 2.09 bits per heavy atom. The normalized spacial score (nSPS) is 10.6. The van der Waals surface area contributed by atoms with Crippen molar-refractivity contribution in [3.05, 3.63) is 59.9 Å². The van der Waals surface area contributed by atoms with Crippen LogP contribution in [0.15, 0.2) is 53.0 Å². The highest BCUT2D eigenvalue weighted by Crippen LogP contribution is 2.28. The van der Waals surface area contributed by atoms with E-state index in [1.165, 1.54) is 5.56 Å². The van der Waals surface area contributed by atoms with Gasteiger partial charge in [-0.1, -0.05) is 41.3 Å². The number of anilines is 2. The summed E-state index contributed by atoms with van der Waals surface area (Å²) in [5.74, 6) is 0.954. The molecule has 2 heterocycles. The molecule has 6 heteroatoms. The Morgan fingerprint density at radius 3 is 2.91 bits per heavy atom. The first-order valence-corrected chi connectivity index (χ1v) is 8.80. The first-order valence-electron chi connectivity index (χ1n) is 6.99. The molecule has 0 atom stereocenters. The summed E-state index contributed by atoms with van der Waals surface area (Å²) in [5, 5.41) is 12.5. The zero-order chi connectivity index (χ0) is 15.2. The SMILES string of the molecule is Cc1cccc(Nc2nnc(SCCc3ccccn3)s2)c1. The quantitative estimate of drug-likeness (QED) is 0.683. The van der Waals surface area contributed by atoms with E-state index in [0.29, 0.717) is 0 Å². The van der Waals surface area contributed by atoms with Crippen LogP contribution in [0.3, 0.4) is 0 Å². The fourth-order valence-corrected chi connectivity index (χ4v) is 3.76. The molecular formula is C16H16N4S2. The maximum Gasteiger partial charge on any atom is 0.210 e. The largest absolute Gasteiger partial charge is 0.330 e. The zero-order valence-corrected chi connectivity index (χ0v) is 13.8. The fraction of sp³-hybridized carbons (Fsp3) is 0.188. The third kappa shape index (κ3) is 4.29. The molecule has 1 aromatic carbocycles. The van der Waals surface area contributed by atoms with E-state index < -0.39 is 0 Å². The van der Waals surface area contributed by atoms with Crippen LogP contribution in [-0.2, 0) is 6.42 Å². The average Bonchev–Trinajstić information content (AvgIpc) is 2.96. The lowest BCUT2D eigenvalue weighted by Crippen LogP contribution is -1.91. The molecule has 0 unspecified atom stereocenters. The maximum absolute atomic E-state index is 4.32. The van der Waals surface area contributed by atoms with Crippen molar-refractivity contribution < 1.29 is 0 Å². The van der Waals surface area contributed by atoms with Gasteiger partial charge < -0.3 is 5.32 Å². The molecule has 0 fully saturated rings. The first kappa shape index (κ1) is 15.0. The number of aromatic nitrogens is 3. The number of aryl methyl sites for hydroxylation is 2. The molecule has 0 amide bonds. The van der Waals surface area contributed by atoms with Crippen molar-refractivity contribution in [2.45, 2.75) is 17.7 Å². The molecule has 0 saturated heterocycles. The summed E-state index contributed by atoms with van der Waals surface area (Å²) in [7, 11) is 0. The van der Waals surface area contributed by atoms with Crippen LogP contribution >= 0.6 is 23.1 Å². The number of hydrogen-bond acceptors (Lipinski definition) is 6. The van der Waals surface area contributed by atoms with Crippen LogP contribution in [0.5, 0.6) is 0 Å². The molecule has 0 aliphatic carbocycles. The van der Waals surface area contributed by atoms with E-state index in [9.17, 15) is 0 Å². The van der Waals surface area contributed by atoms with E-state index >= 15 is 0 Å². The van der Waals surface area contributed by atoms with E-state index in [0.717, 1.165) is 33.0 Å². The number of hydrogen-bond donors (Lipinski definition) is 1. The van der Waals surface area contributed by atoms with Gasteiger partial charge in [0.1, 0.15) is 0 Å². The average molecular weight is 328 g/mol. The molecule has 4 nitrogen and oxygen atoms in total. The minimum Gasteiger partial charge on any atom is -0.330 e. The van der Waals surface area contributed by atoms with Crippen LogP contribution in [-0.4, -0.2) is 20.9 Å². The highest BCUT2D eigenvalue weighted by Gasteiger charge is 2.05. The van der Waals surface area contributed by atoms with Gasteiger partial charge in [-0.05, 0) is 43.2 Å². The molecule has 1 N–H and O–H groups in total. The summed E-state index contributed by atoms with van der Waals surface area (Å²) in [6.45, 7) is 2.07. The van der Waals surface area contributed by atoms with Crippen molar-refractivity contribution in [3.8, 4) is 0 Å². The molecular weight excluding hydrogens is 312 g/mol. The number of pyridine rings is 1. The Bertz CT molecular complexity index is 728. The van der Waals surface area contributed by atoms with Gasteiger partial charge in [0.25, 0.3) is 0 Å². The van der Waals surface area contributed by atoms with Crippen molar-refractivity contribution in [2.24, 2.45) is 0 Å². The van der Waals surface area contributed by atoms with Gasteiger partial charge in [-0.3, -0.25) is 4.98 Å². The standard InChI is InChI=1S/C16H16N4S2/c1-12-5-4-7-14(11-12)18-15-19-20-16(22-15)21-10-8-13-6-2-3-9-17-13/h2-7,9,11H,8,10H2,1H3,(H,18,19). The monoisotopic (exact) mass is 328 g/mol. The van der Waals surface area contributed by atoms with E-state index in [1.54, 1.807) is 23.1 Å². The molecule has 3 rings (SSSR count). The summed E-state index contributed by atoms with van der Waals surface area (Å²) in [4.78, 5) is 4.32. The van der Waals surface area contributed by atoms with E-state index in [2.05, 4.69) is 39.6 Å². The highest BCUT2D eigenvalue weighted by atomic mass is 32.2. The molecule has 112 valence electrons. The van der Waals surface area contributed by atoms with Crippen LogP contribution in [0.1, 0.15) is 11.3 Å². The predicted molar refractivity (Wildman–Crippen MR) is 93.0 cm³/mol. The molecule has 0 saturated carbocycles. The third-order valence-electron chi connectivity index (χ3n) is 2.99. The summed E-state index contributed by atoms with van der Waals surface area (Å²) in [6.07, 6.45) is 2.76. The number of rotatable bonds is 6. The molecule has 0 aliphatic heterocycles. The summed E-state index contributed by atoms with van der Waals surface area (Å²) >= 11 is 3.29.